The average molecular weight is 408 g/mol. The molecule has 0 saturated heterocycles. The van der Waals surface area contributed by atoms with Crippen molar-refractivity contribution in [1.82, 2.24) is 9.88 Å². The van der Waals surface area contributed by atoms with Crippen molar-refractivity contribution in [1.29, 1.82) is 0 Å². The minimum Gasteiger partial charge on any atom is -0.507 e. The van der Waals surface area contributed by atoms with Crippen LogP contribution in [0.15, 0.2) is 65.7 Å². The Balaban J connectivity index is 1.99. The maximum absolute atomic E-state index is 14.4. The molecule has 2 heterocycles. The number of aromatic nitrogens is 1. The van der Waals surface area contributed by atoms with Crippen LogP contribution < -0.4 is 5.73 Å². The number of benzene rings is 2. The highest BCUT2D eigenvalue weighted by Gasteiger charge is 2.51. The molecule has 1 amide bonds. The molecule has 2 aromatic carbocycles. The van der Waals surface area contributed by atoms with Crippen LogP contribution in [0, 0.1) is 5.82 Å². The van der Waals surface area contributed by atoms with E-state index >= 15 is 0 Å². The van der Waals surface area contributed by atoms with Gasteiger partial charge in [0, 0.05) is 18.2 Å². The molecule has 6 nitrogen and oxygen atoms in total. The van der Waals surface area contributed by atoms with Crippen molar-refractivity contribution in [3.8, 4) is 16.9 Å². The van der Waals surface area contributed by atoms with E-state index in [0.717, 1.165) is 0 Å². The summed E-state index contributed by atoms with van der Waals surface area (Å²) in [5, 5.41) is 10.4. The Kier molecular flexibility index (Phi) is 4.69. The minimum atomic E-state index is -1.68. The van der Waals surface area contributed by atoms with Gasteiger partial charge in [0.25, 0.3) is 5.91 Å². The van der Waals surface area contributed by atoms with Crippen molar-refractivity contribution in [2.45, 2.75) is 12.2 Å². The van der Waals surface area contributed by atoms with Gasteiger partial charge in [-0.25, -0.2) is 13.8 Å². The topological polar surface area (TPSA) is 91.8 Å². The van der Waals surface area contributed by atoms with Crippen LogP contribution in [0.1, 0.15) is 17.0 Å². The summed E-state index contributed by atoms with van der Waals surface area (Å²) in [5.74, 6) is -1.23. The first kappa shape index (κ1) is 19.5. The van der Waals surface area contributed by atoms with Crippen LogP contribution in [-0.2, 0) is 17.0 Å². The molecule has 8 heteroatoms. The SMILES string of the molecule is CN1C(=O)C(c2ccc(O)c(-c3ccccc3F)c2)(c2cccc(CF)n2)N=C1N. The van der Waals surface area contributed by atoms with Crippen molar-refractivity contribution in [3.63, 3.8) is 0 Å². The number of nitrogens with zero attached hydrogens (tertiary/aromatic N) is 3. The molecule has 0 aliphatic carbocycles. The van der Waals surface area contributed by atoms with Gasteiger partial charge in [0.15, 0.2) is 5.96 Å². The van der Waals surface area contributed by atoms with E-state index in [4.69, 9.17) is 5.73 Å². The largest absolute Gasteiger partial charge is 0.507 e. The number of phenolic OH excluding ortho intramolecular Hbond substituents is 1. The number of nitrogens with two attached hydrogens (primary N) is 1. The van der Waals surface area contributed by atoms with E-state index in [1.807, 2.05) is 0 Å². The zero-order valence-electron chi connectivity index (χ0n) is 16.0. The fraction of sp³-hybridized carbons (Fsp3) is 0.136. The summed E-state index contributed by atoms with van der Waals surface area (Å²) in [6.45, 7) is -0.816. The normalized spacial score (nSPS) is 18.6. The lowest BCUT2D eigenvalue weighted by Crippen LogP contribution is -2.41. The molecule has 1 aromatic heterocycles. The number of carbonyl (C=O) groups is 1. The summed E-state index contributed by atoms with van der Waals surface area (Å²) in [6.07, 6.45) is 0. The molecule has 0 radical (unpaired) electrons. The van der Waals surface area contributed by atoms with Crippen LogP contribution in [0.5, 0.6) is 5.75 Å². The Morgan fingerprint density at radius 1 is 1.10 bits per heavy atom. The summed E-state index contributed by atoms with van der Waals surface area (Å²) in [6, 6.07) is 14.9. The summed E-state index contributed by atoms with van der Waals surface area (Å²) >= 11 is 0. The number of pyridine rings is 1. The Morgan fingerprint density at radius 2 is 1.87 bits per heavy atom. The molecule has 3 aromatic rings. The summed E-state index contributed by atoms with van der Waals surface area (Å²) in [5.41, 5.74) is 5.23. The number of guanidine groups is 1. The van der Waals surface area contributed by atoms with E-state index in [1.165, 1.54) is 54.4 Å². The number of aromatic hydroxyl groups is 1. The quantitative estimate of drug-likeness (QED) is 0.694. The second-order valence-electron chi connectivity index (χ2n) is 6.90. The highest BCUT2D eigenvalue weighted by atomic mass is 19.1. The zero-order chi connectivity index (χ0) is 21.5. The van der Waals surface area contributed by atoms with Crippen molar-refractivity contribution >= 4 is 11.9 Å². The lowest BCUT2D eigenvalue weighted by Gasteiger charge is -2.26. The Bertz CT molecular complexity index is 1180. The molecule has 1 atom stereocenters. The number of rotatable bonds is 4. The summed E-state index contributed by atoms with van der Waals surface area (Å²) in [4.78, 5) is 23.1. The lowest BCUT2D eigenvalue weighted by atomic mass is 9.84. The molecule has 4 rings (SSSR count). The number of hydrogen-bond acceptors (Lipinski definition) is 5. The van der Waals surface area contributed by atoms with E-state index < -0.39 is 23.9 Å². The van der Waals surface area contributed by atoms with Gasteiger partial charge in [0.2, 0.25) is 5.54 Å². The van der Waals surface area contributed by atoms with Crippen molar-refractivity contribution in [2.75, 3.05) is 7.05 Å². The molecule has 1 aliphatic heterocycles. The fourth-order valence-electron chi connectivity index (χ4n) is 3.56. The number of hydrogen-bond donors (Lipinski definition) is 2. The van der Waals surface area contributed by atoms with E-state index in [9.17, 15) is 18.7 Å². The molecule has 1 unspecified atom stereocenters. The van der Waals surface area contributed by atoms with Crippen molar-refractivity contribution in [3.05, 3.63) is 83.4 Å². The maximum Gasteiger partial charge on any atom is 0.267 e. The second-order valence-corrected chi connectivity index (χ2v) is 6.90. The predicted octanol–water partition coefficient (Wildman–Crippen LogP) is 3.09. The van der Waals surface area contributed by atoms with E-state index in [1.54, 1.807) is 18.2 Å². The van der Waals surface area contributed by atoms with Crippen molar-refractivity contribution in [2.24, 2.45) is 10.7 Å². The average Bonchev–Trinajstić information content (AvgIpc) is 2.99. The van der Waals surface area contributed by atoms with Crippen LogP contribution in [0.25, 0.3) is 11.1 Å². The van der Waals surface area contributed by atoms with E-state index in [0.29, 0.717) is 5.56 Å². The molecular weight excluding hydrogens is 390 g/mol. The monoisotopic (exact) mass is 408 g/mol. The minimum absolute atomic E-state index is 0.0343. The number of likely N-dealkylation sites (N-methyl/N-ethyl adjacent to an activating group) is 1. The first-order chi connectivity index (χ1) is 14.4. The van der Waals surface area contributed by atoms with Crippen LogP contribution in [0.3, 0.4) is 0 Å². The molecule has 0 saturated carbocycles. The number of halogens is 2. The Morgan fingerprint density at radius 3 is 2.53 bits per heavy atom. The molecule has 1 aliphatic rings. The number of carbonyl (C=O) groups excluding carboxylic acids is 1. The van der Waals surface area contributed by atoms with Gasteiger partial charge in [0.05, 0.1) is 11.4 Å². The number of aliphatic imine (C=N–C) groups is 1. The molecular formula is C22H18F2N4O2. The zero-order valence-corrected chi connectivity index (χ0v) is 16.0. The smallest absolute Gasteiger partial charge is 0.267 e. The van der Waals surface area contributed by atoms with Gasteiger partial charge in [0.1, 0.15) is 18.2 Å². The van der Waals surface area contributed by atoms with E-state index in [2.05, 4.69) is 9.98 Å². The Hall–Kier alpha value is -3.81. The van der Waals surface area contributed by atoms with Gasteiger partial charge in [-0.15, -0.1) is 0 Å². The first-order valence-electron chi connectivity index (χ1n) is 9.12. The second kappa shape index (κ2) is 7.22. The highest BCUT2D eigenvalue weighted by Crippen LogP contribution is 2.42. The fourth-order valence-corrected chi connectivity index (χ4v) is 3.56. The molecule has 0 bridgehead atoms. The molecule has 3 N–H and O–H groups in total. The summed E-state index contributed by atoms with van der Waals surface area (Å²) in [7, 11) is 1.47. The number of phenols is 1. The molecule has 152 valence electrons. The van der Waals surface area contributed by atoms with Crippen LogP contribution in [0.2, 0.25) is 0 Å². The van der Waals surface area contributed by atoms with Crippen LogP contribution in [0.4, 0.5) is 8.78 Å². The Labute approximate surface area is 171 Å². The van der Waals surface area contributed by atoms with Gasteiger partial charge in [-0.1, -0.05) is 30.3 Å². The third-order valence-electron chi connectivity index (χ3n) is 5.13. The van der Waals surface area contributed by atoms with Gasteiger partial charge in [-0.05, 0) is 35.9 Å². The van der Waals surface area contributed by atoms with Crippen LogP contribution >= 0.6 is 0 Å². The predicted molar refractivity (Wildman–Crippen MR) is 108 cm³/mol. The first-order valence-corrected chi connectivity index (χ1v) is 9.12. The maximum atomic E-state index is 14.4. The lowest BCUT2D eigenvalue weighted by molar-refractivity contribution is -0.129. The van der Waals surface area contributed by atoms with Gasteiger partial charge in [-0.2, -0.15) is 0 Å². The van der Waals surface area contributed by atoms with Crippen molar-refractivity contribution < 1.29 is 18.7 Å². The standard InChI is InChI=1S/C22H18F2N4O2/c1-28-20(30)22(27-21(28)25,19-8-4-5-14(12-23)26-19)13-9-10-18(29)16(11-13)15-6-2-3-7-17(15)24/h2-11,29H,12H2,1H3,(H2,25,27). The van der Waals surface area contributed by atoms with Crippen LogP contribution in [-0.4, -0.2) is 33.9 Å². The van der Waals surface area contributed by atoms with Gasteiger partial charge in [-0.3, -0.25) is 14.7 Å². The summed E-state index contributed by atoms with van der Waals surface area (Å²) < 4.78 is 27.7. The number of amides is 1. The third-order valence-corrected chi connectivity index (χ3v) is 5.13. The van der Waals surface area contributed by atoms with Gasteiger partial charge >= 0.3 is 0 Å². The number of alkyl halides is 1. The van der Waals surface area contributed by atoms with Gasteiger partial charge < -0.3 is 10.8 Å². The molecule has 30 heavy (non-hydrogen) atoms. The molecule has 0 fully saturated rings. The van der Waals surface area contributed by atoms with E-state index in [-0.39, 0.29) is 34.2 Å². The molecule has 0 spiro atoms. The highest BCUT2D eigenvalue weighted by molar-refractivity contribution is 6.08. The third kappa shape index (κ3) is 2.88.